The van der Waals surface area contributed by atoms with E-state index in [1.165, 1.54) is 45.6 Å². The van der Waals surface area contributed by atoms with E-state index in [1.807, 2.05) is 0 Å². The van der Waals surface area contributed by atoms with Crippen molar-refractivity contribution >= 4 is 0 Å². The summed E-state index contributed by atoms with van der Waals surface area (Å²) in [7, 11) is 0. The molecule has 0 aromatic rings. The molecule has 1 atom stereocenters. The molecule has 0 amide bonds. The van der Waals surface area contributed by atoms with Crippen molar-refractivity contribution in [1.82, 2.24) is 15.5 Å². The first-order valence-electron chi connectivity index (χ1n) is 6.79. The van der Waals surface area contributed by atoms with Crippen molar-refractivity contribution in [2.75, 3.05) is 45.8 Å². The molecule has 0 radical (unpaired) electrons. The lowest BCUT2D eigenvalue weighted by Gasteiger charge is -2.33. The smallest absolute Gasteiger partial charge is 0.0107 e. The van der Waals surface area contributed by atoms with Crippen LogP contribution in [0.1, 0.15) is 26.7 Å². The third-order valence-electron chi connectivity index (χ3n) is 3.78. The van der Waals surface area contributed by atoms with Gasteiger partial charge in [-0.05, 0) is 37.3 Å². The lowest BCUT2D eigenvalue weighted by molar-refractivity contribution is 0.168. The zero-order valence-corrected chi connectivity index (χ0v) is 10.9. The first-order valence-corrected chi connectivity index (χ1v) is 6.79. The Balaban J connectivity index is 1.82. The first-order chi connectivity index (χ1) is 7.66. The molecule has 0 saturated carbocycles. The van der Waals surface area contributed by atoms with Crippen LogP contribution < -0.4 is 10.6 Å². The van der Waals surface area contributed by atoms with Gasteiger partial charge in [0.2, 0.25) is 0 Å². The van der Waals surface area contributed by atoms with Crippen LogP contribution in [0, 0.1) is 11.3 Å². The van der Waals surface area contributed by atoms with Gasteiger partial charge in [0, 0.05) is 32.7 Å². The largest absolute Gasteiger partial charge is 0.316 e. The van der Waals surface area contributed by atoms with E-state index in [0.717, 1.165) is 19.0 Å². The molecule has 0 aromatic heterocycles. The standard InChI is InChI=1S/C13H27N3/c1-13(2)10-15-6-7-16(11-13)9-12-4-3-5-14-8-12/h12,14-15H,3-11H2,1-2H3. The van der Waals surface area contributed by atoms with E-state index in [4.69, 9.17) is 0 Å². The maximum atomic E-state index is 3.55. The Bertz CT molecular complexity index is 209. The van der Waals surface area contributed by atoms with E-state index in [-0.39, 0.29) is 0 Å². The van der Waals surface area contributed by atoms with Gasteiger partial charge in [0.15, 0.2) is 0 Å². The maximum Gasteiger partial charge on any atom is 0.0107 e. The Hall–Kier alpha value is -0.120. The summed E-state index contributed by atoms with van der Waals surface area (Å²) in [5, 5.41) is 7.07. The van der Waals surface area contributed by atoms with Crippen molar-refractivity contribution in [1.29, 1.82) is 0 Å². The Morgan fingerprint density at radius 1 is 1.25 bits per heavy atom. The number of rotatable bonds is 2. The summed E-state index contributed by atoms with van der Waals surface area (Å²) < 4.78 is 0. The third kappa shape index (κ3) is 3.72. The second kappa shape index (κ2) is 5.48. The Kier molecular flexibility index (Phi) is 4.22. The molecule has 0 bridgehead atoms. The summed E-state index contributed by atoms with van der Waals surface area (Å²) in [4.78, 5) is 2.66. The Morgan fingerprint density at radius 3 is 2.88 bits per heavy atom. The molecule has 2 rings (SSSR count). The number of hydrogen-bond donors (Lipinski definition) is 2. The summed E-state index contributed by atoms with van der Waals surface area (Å²) in [6.45, 7) is 13.3. The summed E-state index contributed by atoms with van der Waals surface area (Å²) in [6, 6.07) is 0. The Labute approximate surface area is 100.0 Å². The summed E-state index contributed by atoms with van der Waals surface area (Å²) in [5.41, 5.74) is 0.429. The monoisotopic (exact) mass is 225 g/mol. The van der Waals surface area contributed by atoms with Crippen LogP contribution in [0.15, 0.2) is 0 Å². The molecule has 2 fully saturated rings. The van der Waals surface area contributed by atoms with Gasteiger partial charge in [0.25, 0.3) is 0 Å². The SMILES string of the molecule is CC1(C)CNCCN(CC2CCCNC2)C1. The number of nitrogens with one attached hydrogen (secondary N) is 2. The van der Waals surface area contributed by atoms with E-state index in [9.17, 15) is 0 Å². The van der Waals surface area contributed by atoms with Crippen LogP contribution in [0.25, 0.3) is 0 Å². The topological polar surface area (TPSA) is 27.3 Å². The van der Waals surface area contributed by atoms with Gasteiger partial charge < -0.3 is 15.5 Å². The average Bonchev–Trinajstić information content (AvgIpc) is 2.40. The molecule has 0 aliphatic carbocycles. The summed E-state index contributed by atoms with van der Waals surface area (Å²) in [6.07, 6.45) is 2.78. The van der Waals surface area contributed by atoms with Crippen LogP contribution >= 0.6 is 0 Å². The van der Waals surface area contributed by atoms with Crippen LogP contribution in [0.5, 0.6) is 0 Å². The zero-order chi connectivity index (χ0) is 11.4. The number of hydrogen-bond acceptors (Lipinski definition) is 3. The Morgan fingerprint density at radius 2 is 2.12 bits per heavy atom. The van der Waals surface area contributed by atoms with Crippen molar-refractivity contribution in [2.24, 2.45) is 11.3 Å². The van der Waals surface area contributed by atoms with Gasteiger partial charge in [0.1, 0.15) is 0 Å². The fourth-order valence-electron chi connectivity index (χ4n) is 3.01. The van der Waals surface area contributed by atoms with Gasteiger partial charge in [-0.2, -0.15) is 0 Å². The van der Waals surface area contributed by atoms with Crippen molar-refractivity contribution in [2.45, 2.75) is 26.7 Å². The van der Waals surface area contributed by atoms with Gasteiger partial charge in [0.05, 0.1) is 0 Å². The van der Waals surface area contributed by atoms with Crippen LogP contribution in [0.3, 0.4) is 0 Å². The van der Waals surface area contributed by atoms with Crippen molar-refractivity contribution in [3.8, 4) is 0 Å². The van der Waals surface area contributed by atoms with Crippen molar-refractivity contribution < 1.29 is 0 Å². The molecular formula is C13H27N3. The molecule has 2 saturated heterocycles. The van der Waals surface area contributed by atoms with Gasteiger partial charge in [-0.15, -0.1) is 0 Å². The van der Waals surface area contributed by atoms with Crippen LogP contribution in [0.4, 0.5) is 0 Å². The fourth-order valence-corrected chi connectivity index (χ4v) is 3.01. The van der Waals surface area contributed by atoms with E-state index in [1.54, 1.807) is 0 Å². The second-order valence-electron chi connectivity index (χ2n) is 6.29. The van der Waals surface area contributed by atoms with E-state index >= 15 is 0 Å². The average molecular weight is 225 g/mol. The van der Waals surface area contributed by atoms with Crippen LogP contribution in [0.2, 0.25) is 0 Å². The highest BCUT2D eigenvalue weighted by Crippen LogP contribution is 2.20. The molecule has 94 valence electrons. The molecular weight excluding hydrogens is 198 g/mol. The minimum Gasteiger partial charge on any atom is -0.316 e. The summed E-state index contributed by atoms with van der Waals surface area (Å²) in [5.74, 6) is 0.877. The molecule has 2 aliphatic rings. The first kappa shape index (κ1) is 12.3. The molecule has 0 spiro atoms. The minimum absolute atomic E-state index is 0.429. The fraction of sp³-hybridized carbons (Fsp3) is 1.00. The minimum atomic E-state index is 0.429. The van der Waals surface area contributed by atoms with Crippen molar-refractivity contribution in [3.63, 3.8) is 0 Å². The zero-order valence-electron chi connectivity index (χ0n) is 10.9. The predicted octanol–water partition coefficient (Wildman–Crippen LogP) is 0.917. The van der Waals surface area contributed by atoms with Crippen LogP contribution in [-0.4, -0.2) is 50.7 Å². The number of piperidine rings is 1. The summed E-state index contributed by atoms with van der Waals surface area (Å²) >= 11 is 0. The third-order valence-corrected chi connectivity index (χ3v) is 3.78. The molecule has 2 heterocycles. The maximum absolute atomic E-state index is 3.55. The highest BCUT2D eigenvalue weighted by atomic mass is 15.2. The molecule has 2 aliphatic heterocycles. The lowest BCUT2D eigenvalue weighted by atomic mass is 9.92. The number of nitrogens with zero attached hydrogens (tertiary/aromatic N) is 1. The van der Waals surface area contributed by atoms with Gasteiger partial charge >= 0.3 is 0 Å². The van der Waals surface area contributed by atoms with Gasteiger partial charge in [-0.1, -0.05) is 13.8 Å². The highest BCUT2D eigenvalue weighted by molar-refractivity contribution is 4.82. The second-order valence-corrected chi connectivity index (χ2v) is 6.29. The normalized spacial score (nSPS) is 32.2. The van der Waals surface area contributed by atoms with E-state index in [2.05, 4.69) is 29.4 Å². The van der Waals surface area contributed by atoms with E-state index < -0.39 is 0 Å². The van der Waals surface area contributed by atoms with Gasteiger partial charge in [-0.3, -0.25) is 0 Å². The molecule has 0 aromatic carbocycles. The molecule has 16 heavy (non-hydrogen) atoms. The van der Waals surface area contributed by atoms with Gasteiger partial charge in [-0.25, -0.2) is 0 Å². The molecule has 3 nitrogen and oxygen atoms in total. The van der Waals surface area contributed by atoms with Crippen molar-refractivity contribution in [3.05, 3.63) is 0 Å². The van der Waals surface area contributed by atoms with Crippen LogP contribution in [-0.2, 0) is 0 Å². The highest BCUT2D eigenvalue weighted by Gasteiger charge is 2.26. The lowest BCUT2D eigenvalue weighted by Crippen LogP contribution is -2.42. The predicted molar refractivity (Wildman–Crippen MR) is 68.7 cm³/mol. The van der Waals surface area contributed by atoms with E-state index in [0.29, 0.717) is 5.41 Å². The molecule has 3 heteroatoms. The quantitative estimate of drug-likeness (QED) is 0.732. The molecule has 1 unspecified atom stereocenters. The molecule has 2 N–H and O–H groups in total.